The van der Waals surface area contributed by atoms with E-state index in [1.54, 1.807) is 7.11 Å². The van der Waals surface area contributed by atoms with Crippen molar-refractivity contribution in [3.63, 3.8) is 0 Å². The fraction of sp³-hybridized carbons (Fsp3) is 0.562. The predicted molar refractivity (Wildman–Crippen MR) is 84.5 cm³/mol. The zero-order chi connectivity index (χ0) is 15.2. The minimum atomic E-state index is 0.0279. The number of amides is 1. The van der Waals surface area contributed by atoms with Crippen molar-refractivity contribution in [2.45, 2.75) is 25.3 Å². The van der Waals surface area contributed by atoms with E-state index in [2.05, 4.69) is 22.3 Å². The second-order valence-electron chi connectivity index (χ2n) is 5.64. The summed E-state index contributed by atoms with van der Waals surface area (Å²) in [4.78, 5) is 14.3. The van der Waals surface area contributed by atoms with Crippen LogP contribution in [0.5, 0.6) is 0 Å². The Labute approximate surface area is 126 Å². The number of anilines is 1. The minimum Gasteiger partial charge on any atom is -0.383 e. The molecule has 0 aliphatic carbocycles. The van der Waals surface area contributed by atoms with E-state index >= 15 is 0 Å². The van der Waals surface area contributed by atoms with Gasteiger partial charge in [-0.05, 0) is 31.5 Å². The molecule has 5 heteroatoms. The summed E-state index contributed by atoms with van der Waals surface area (Å²) in [5.74, 6) is 0.457. The molecule has 0 fully saturated rings. The largest absolute Gasteiger partial charge is 0.383 e. The fourth-order valence-corrected chi connectivity index (χ4v) is 2.97. The molecule has 21 heavy (non-hydrogen) atoms. The predicted octanol–water partition coefficient (Wildman–Crippen LogP) is 1.09. The number of carbonyl (C=O) groups excluding carboxylic acids is 1. The Morgan fingerprint density at radius 1 is 1.52 bits per heavy atom. The second-order valence-corrected chi connectivity index (χ2v) is 5.64. The van der Waals surface area contributed by atoms with E-state index in [4.69, 9.17) is 10.5 Å². The molecule has 2 unspecified atom stereocenters. The monoisotopic (exact) mass is 291 g/mol. The highest BCUT2D eigenvalue weighted by molar-refractivity contribution is 5.82. The molecule has 1 aliphatic heterocycles. The number of carbonyl (C=O) groups is 1. The van der Waals surface area contributed by atoms with Gasteiger partial charge in [-0.15, -0.1) is 0 Å². The molecule has 2 rings (SSSR count). The van der Waals surface area contributed by atoms with Crippen LogP contribution in [0.3, 0.4) is 0 Å². The Balaban J connectivity index is 2.00. The Morgan fingerprint density at radius 2 is 2.29 bits per heavy atom. The number of para-hydroxylation sites is 1. The van der Waals surface area contributed by atoms with Gasteiger partial charge in [0.05, 0.1) is 13.2 Å². The lowest BCUT2D eigenvalue weighted by Gasteiger charge is -2.21. The number of rotatable bonds is 7. The zero-order valence-electron chi connectivity index (χ0n) is 12.8. The van der Waals surface area contributed by atoms with Crippen molar-refractivity contribution in [1.29, 1.82) is 0 Å². The van der Waals surface area contributed by atoms with Gasteiger partial charge in [-0.2, -0.15) is 0 Å². The summed E-state index contributed by atoms with van der Waals surface area (Å²) in [6, 6.07) is 8.31. The van der Waals surface area contributed by atoms with E-state index in [-0.39, 0.29) is 11.9 Å². The number of nitrogens with zero attached hydrogens (tertiary/aromatic N) is 1. The van der Waals surface area contributed by atoms with Gasteiger partial charge in [0.15, 0.2) is 0 Å². The highest BCUT2D eigenvalue weighted by atomic mass is 16.5. The number of hydrogen-bond donors (Lipinski definition) is 2. The zero-order valence-corrected chi connectivity index (χ0v) is 12.8. The van der Waals surface area contributed by atoms with E-state index in [1.807, 2.05) is 19.1 Å². The van der Waals surface area contributed by atoms with Crippen LogP contribution in [0.1, 0.15) is 24.8 Å². The average molecular weight is 291 g/mol. The van der Waals surface area contributed by atoms with Crippen molar-refractivity contribution >= 4 is 11.6 Å². The third-order valence-corrected chi connectivity index (χ3v) is 3.83. The van der Waals surface area contributed by atoms with Gasteiger partial charge in [0.2, 0.25) is 5.91 Å². The Morgan fingerprint density at radius 3 is 3.00 bits per heavy atom. The fourth-order valence-electron chi connectivity index (χ4n) is 2.97. The number of benzene rings is 1. The maximum absolute atomic E-state index is 12.1. The first-order valence-electron chi connectivity index (χ1n) is 7.48. The lowest BCUT2D eigenvalue weighted by atomic mass is 9.98. The number of methoxy groups -OCH3 is 1. The van der Waals surface area contributed by atoms with Crippen molar-refractivity contribution in [3.05, 3.63) is 29.8 Å². The molecule has 0 radical (unpaired) electrons. The molecule has 0 bridgehead atoms. The van der Waals surface area contributed by atoms with Crippen molar-refractivity contribution in [2.24, 2.45) is 5.73 Å². The molecule has 1 aromatic carbocycles. The summed E-state index contributed by atoms with van der Waals surface area (Å²) in [6.07, 6.45) is 0.954. The molecule has 5 nitrogen and oxygen atoms in total. The standard InChI is InChI=1S/C16H25N3O2/c1-12(11-21-2)18-16(20)10-19-9-13(7-8-17)14-5-3-4-6-15(14)19/h3-6,12-13H,7-11,17H2,1-2H3,(H,18,20). The van der Waals surface area contributed by atoms with Gasteiger partial charge in [0.25, 0.3) is 0 Å². The topological polar surface area (TPSA) is 67.6 Å². The quantitative estimate of drug-likeness (QED) is 0.789. The molecule has 0 spiro atoms. The van der Waals surface area contributed by atoms with Crippen LogP contribution < -0.4 is 16.0 Å². The van der Waals surface area contributed by atoms with Crippen LogP contribution in [0.2, 0.25) is 0 Å². The molecule has 0 saturated carbocycles. The molecular formula is C16H25N3O2. The normalized spacial score (nSPS) is 18.4. The maximum atomic E-state index is 12.1. The van der Waals surface area contributed by atoms with Crippen LogP contribution in [0, 0.1) is 0 Å². The SMILES string of the molecule is COCC(C)NC(=O)CN1CC(CCN)c2ccccc21. The average Bonchev–Trinajstić information content (AvgIpc) is 2.78. The van der Waals surface area contributed by atoms with Gasteiger partial charge in [-0.25, -0.2) is 0 Å². The Hall–Kier alpha value is -1.59. The molecule has 1 amide bonds. The smallest absolute Gasteiger partial charge is 0.239 e. The van der Waals surface area contributed by atoms with Gasteiger partial charge in [0.1, 0.15) is 0 Å². The second kappa shape index (κ2) is 7.43. The summed E-state index contributed by atoms with van der Waals surface area (Å²) in [7, 11) is 1.64. The van der Waals surface area contributed by atoms with Gasteiger partial charge in [-0.3, -0.25) is 4.79 Å². The number of fused-ring (bicyclic) bond motifs is 1. The first-order valence-corrected chi connectivity index (χ1v) is 7.48. The number of ether oxygens (including phenoxy) is 1. The molecule has 1 aliphatic rings. The van der Waals surface area contributed by atoms with E-state index in [0.717, 1.165) is 18.7 Å². The van der Waals surface area contributed by atoms with Gasteiger partial charge >= 0.3 is 0 Å². The van der Waals surface area contributed by atoms with Crippen LogP contribution >= 0.6 is 0 Å². The van der Waals surface area contributed by atoms with Crippen molar-refractivity contribution in [3.8, 4) is 0 Å². The third-order valence-electron chi connectivity index (χ3n) is 3.83. The van der Waals surface area contributed by atoms with E-state index < -0.39 is 0 Å². The van der Waals surface area contributed by atoms with Crippen LogP contribution in [-0.2, 0) is 9.53 Å². The van der Waals surface area contributed by atoms with E-state index in [1.165, 1.54) is 5.56 Å². The number of hydrogen-bond acceptors (Lipinski definition) is 4. The van der Waals surface area contributed by atoms with Crippen molar-refractivity contribution in [1.82, 2.24) is 5.32 Å². The summed E-state index contributed by atoms with van der Waals surface area (Å²) < 4.78 is 5.04. The summed E-state index contributed by atoms with van der Waals surface area (Å²) in [5.41, 5.74) is 8.16. The molecular weight excluding hydrogens is 266 g/mol. The first-order chi connectivity index (χ1) is 10.2. The molecule has 0 aromatic heterocycles. The molecule has 1 aromatic rings. The van der Waals surface area contributed by atoms with Crippen LogP contribution in [-0.4, -0.2) is 45.3 Å². The Bertz CT molecular complexity index is 478. The lowest BCUT2D eigenvalue weighted by molar-refractivity contribution is -0.120. The van der Waals surface area contributed by atoms with Gasteiger partial charge < -0.3 is 20.7 Å². The van der Waals surface area contributed by atoms with Crippen LogP contribution in [0.15, 0.2) is 24.3 Å². The Kier molecular flexibility index (Phi) is 5.59. The molecule has 1 heterocycles. The highest BCUT2D eigenvalue weighted by Crippen LogP contribution is 2.37. The lowest BCUT2D eigenvalue weighted by Crippen LogP contribution is -2.42. The van der Waals surface area contributed by atoms with Gasteiger partial charge in [0, 0.05) is 31.3 Å². The number of nitrogens with two attached hydrogens (primary N) is 1. The third kappa shape index (κ3) is 3.95. The maximum Gasteiger partial charge on any atom is 0.239 e. The van der Waals surface area contributed by atoms with Crippen molar-refractivity contribution in [2.75, 3.05) is 38.3 Å². The molecule has 2 atom stereocenters. The molecule has 0 saturated heterocycles. The first kappa shape index (κ1) is 15.8. The van der Waals surface area contributed by atoms with E-state index in [0.29, 0.717) is 25.6 Å². The van der Waals surface area contributed by atoms with Crippen molar-refractivity contribution < 1.29 is 9.53 Å². The highest BCUT2D eigenvalue weighted by Gasteiger charge is 2.28. The number of nitrogens with one attached hydrogen (secondary N) is 1. The van der Waals surface area contributed by atoms with Gasteiger partial charge in [-0.1, -0.05) is 18.2 Å². The minimum absolute atomic E-state index is 0.0279. The molecule has 3 N–H and O–H groups in total. The summed E-state index contributed by atoms with van der Waals surface area (Å²) in [5, 5.41) is 2.96. The van der Waals surface area contributed by atoms with E-state index in [9.17, 15) is 4.79 Å². The van der Waals surface area contributed by atoms with Crippen LogP contribution in [0.4, 0.5) is 5.69 Å². The van der Waals surface area contributed by atoms with Crippen LogP contribution in [0.25, 0.3) is 0 Å². The summed E-state index contributed by atoms with van der Waals surface area (Å²) >= 11 is 0. The summed E-state index contributed by atoms with van der Waals surface area (Å²) in [6.45, 7) is 4.38. The molecule has 116 valence electrons.